The van der Waals surface area contributed by atoms with Gasteiger partial charge in [0, 0.05) is 18.5 Å². The van der Waals surface area contributed by atoms with Gasteiger partial charge in [0.1, 0.15) is 11.3 Å². The minimum absolute atomic E-state index is 0.174. The topological polar surface area (TPSA) is 74.6 Å². The molecule has 1 aliphatic heterocycles. The number of carbonyl (C=O) groups is 1. The van der Waals surface area contributed by atoms with E-state index in [4.69, 9.17) is 0 Å². The molecular weight excluding hydrogens is 450 g/mol. The molecule has 186 valence electrons. The molecule has 0 spiro atoms. The first-order valence-electron chi connectivity index (χ1n) is 13.5. The molecule has 0 radical (unpaired) electrons. The first-order chi connectivity index (χ1) is 17.6. The lowest BCUT2D eigenvalue weighted by Gasteiger charge is -2.36. The molecule has 1 amide bonds. The molecule has 6 unspecified atom stereocenters. The molecule has 6 atom stereocenters. The molecule has 36 heavy (non-hydrogen) atoms. The number of aromatic nitrogens is 1. The Morgan fingerprint density at radius 3 is 2.56 bits per heavy atom. The summed E-state index contributed by atoms with van der Waals surface area (Å²) in [7, 11) is 0. The molecule has 4 aliphatic carbocycles. The van der Waals surface area contributed by atoms with E-state index in [9.17, 15) is 14.7 Å². The lowest BCUT2D eigenvalue weighted by Crippen LogP contribution is -2.44. The van der Waals surface area contributed by atoms with Gasteiger partial charge in [-0.15, -0.1) is 0 Å². The Morgan fingerprint density at radius 2 is 1.72 bits per heavy atom. The summed E-state index contributed by atoms with van der Waals surface area (Å²) in [6.07, 6.45) is 6.78. The number of hydrazine groups is 1. The molecule has 4 saturated carbocycles. The summed E-state index contributed by atoms with van der Waals surface area (Å²) in [6, 6.07) is 17.0. The number of pyridine rings is 1. The maximum absolute atomic E-state index is 13.6. The third-order valence-corrected chi connectivity index (χ3v) is 9.71. The zero-order valence-electron chi connectivity index (χ0n) is 20.5. The number of fused-ring (bicyclic) bond motifs is 1. The second-order valence-corrected chi connectivity index (χ2v) is 11.6. The van der Waals surface area contributed by atoms with Crippen molar-refractivity contribution in [1.29, 1.82) is 0 Å². The molecule has 8 rings (SSSR count). The van der Waals surface area contributed by atoms with Crippen LogP contribution < -0.4 is 11.0 Å². The predicted octanol–water partition coefficient (Wildman–Crippen LogP) is 4.40. The van der Waals surface area contributed by atoms with Gasteiger partial charge in [-0.1, -0.05) is 42.5 Å². The van der Waals surface area contributed by atoms with E-state index in [1.54, 1.807) is 10.6 Å². The van der Waals surface area contributed by atoms with Crippen molar-refractivity contribution in [1.82, 2.24) is 15.0 Å². The minimum Gasteiger partial charge on any atom is -0.506 e. The average Bonchev–Trinajstić information content (AvgIpc) is 3.52. The summed E-state index contributed by atoms with van der Waals surface area (Å²) in [5.41, 5.74) is 3.94. The molecule has 1 aromatic heterocycles. The zero-order valence-corrected chi connectivity index (χ0v) is 20.5. The number of para-hydroxylation sites is 1. The Balaban J connectivity index is 1.15. The van der Waals surface area contributed by atoms with Crippen LogP contribution in [0.3, 0.4) is 0 Å². The summed E-state index contributed by atoms with van der Waals surface area (Å²) >= 11 is 0. The Bertz CT molecular complexity index is 1380. The molecule has 3 aromatic rings. The molecule has 4 bridgehead atoms. The van der Waals surface area contributed by atoms with Crippen LogP contribution >= 0.6 is 0 Å². The molecule has 1 saturated heterocycles. The minimum atomic E-state index is -0.514. The van der Waals surface area contributed by atoms with Crippen LogP contribution in [0.1, 0.15) is 48.0 Å². The largest absolute Gasteiger partial charge is 0.506 e. The van der Waals surface area contributed by atoms with E-state index in [0.29, 0.717) is 23.4 Å². The molecule has 5 aliphatic rings. The summed E-state index contributed by atoms with van der Waals surface area (Å²) in [4.78, 5) is 27.0. The highest BCUT2D eigenvalue weighted by Crippen LogP contribution is 2.63. The van der Waals surface area contributed by atoms with Gasteiger partial charge in [-0.25, -0.2) is 5.01 Å². The van der Waals surface area contributed by atoms with Crippen LogP contribution in [0.15, 0.2) is 59.4 Å². The third-order valence-electron chi connectivity index (χ3n) is 9.71. The molecule has 5 fully saturated rings. The van der Waals surface area contributed by atoms with Gasteiger partial charge in [0.05, 0.1) is 12.1 Å². The highest BCUT2D eigenvalue weighted by atomic mass is 16.3. The van der Waals surface area contributed by atoms with Crippen molar-refractivity contribution in [3.05, 3.63) is 76.1 Å². The fourth-order valence-electron chi connectivity index (χ4n) is 8.44. The first-order valence-corrected chi connectivity index (χ1v) is 13.5. The SMILES string of the molecule is O=C(NN1CCC(C2C3CC4CC(C3)C2C4)C1)c1c(O)c2ccccc2n(Cc2ccccc2)c1=O. The fraction of sp³-hybridized carbons (Fsp3) is 0.467. The van der Waals surface area contributed by atoms with E-state index in [1.807, 2.05) is 53.5 Å². The normalized spacial score (nSPS) is 30.9. The molecule has 2 heterocycles. The van der Waals surface area contributed by atoms with Gasteiger partial charge >= 0.3 is 0 Å². The monoisotopic (exact) mass is 483 g/mol. The van der Waals surface area contributed by atoms with Crippen LogP contribution in [0.25, 0.3) is 10.9 Å². The number of aromatic hydroxyl groups is 1. The van der Waals surface area contributed by atoms with Crippen molar-refractivity contribution < 1.29 is 9.90 Å². The Labute approximate surface area is 210 Å². The standard InChI is InChI=1S/C30H33N3O3/c34-28-23-8-4-5-9-25(23)33(16-18-6-2-1-3-7-18)30(36)27(28)29(35)31-32-11-10-20(17-32)26-22-13-19-12-21(15-22)24(26)14-19/h1-9,19-22,24,26,34H,10-17H2,(H,31,35). The van der Waals surface area contributed by atoms with Crippen molar-refractivity contribution in [3.63, 3.8) is 0 Å². The third kappa shape index (κ3) is 3.49. The number of nitrogens with zero attached hydrogens (tertiary/aromatic N) is 2. The number of carbonyl (C=O) groups excluding carboxylic acids is 1. The van der Waals surface area contributed by atoms with E-state index >= 15 is 0 Å². The predicted molar refractivity (Wildman–Crippen MR) is 138 cm³/mol. The quantitative estimate of drug-likeness (QED) is 0.564. The van der Waals surface area contributed by atoms with Crippen molar-refractivity contribution in [3.8, 4) is 5.75 Å². The second kappa shape index (κ2) is 8.48. The second-order valence-electron chi connectivity index (χ2n) is 11.6. The Hall–Kier alpha value is -3.12. The number of hydrogen-bond donors (Lipinski definition) is 2. The smallest absolute Gasteiger partial charge is 0.275 e. The van der Waals surface area contributed by atoms with E-state index in [-0.39, 0.29) is 11.3 Å². The Kier molecular flexibility index (Phi) is 5.21. The maximum Gasteiger partial charge on any atom is 0.275 e. The number of amides is 1. The van der Waals surface area contributed by atoms with E-state index in [1.165, 1.54) is 25.7 Å². The summed E-state index contributed by atoms with van der Waals surface area (Å²) in [6.45, 7) is 1.97. The summed E-state index contributed by atoms with van der Waals surface area (Å²) < 4.78 is 1.60. The number of rotatable bonds is 5. The van der Waals surface area contributed by atoms with Gasteiger partial charge in [-0.05, 0) is 85.3 Å². The first kappa shape index (κ1) is 22.1. The van der Waals surface area contributed by atoms with E-state index in [0.717, 1.165) is 54.7 Å². The van der Waals surface area contributed by atoms with Crippen molar-refractivity contribution in [2.24, 2.45) is 35.5 Å². The van der Waals surface area contributed by atoms with E-state index < -0.39 is 11.5 Å². The van der Waals surface area contributed by atoms with Gasteiger partial charge in [-0.3, -0.25) is 15.0 Å². The molecule has 2 aromatic carbocycles. The highest BCUT2D eigenvalue weighted by molar-refractivity contribution is 6.02. The maximum atomic E-state index is 13.6. The summed E-state index contributed by atoms with van der Waals surface area (Å²) in [5, 5.41) is 13.5. The van der Waals surface area contributed by atoms with Crippen LogP contribution in [-0.4, -0.2) is 33.7 Å². The zero-order chi connectivity index (χ0) is 24.4. The van der Waals surface area contributed by atoms with Crippen LogP contribution in [0.2, 0.25) is 0 Å². The average molecular weight is 484 g/mol. The molecule has 6 heteroatoms. The highest BCUT2D eigenvalue weighted by Gasteiger charge is 2.56. The van der Waals surface area contributed by atoms with Crippen molar-refractivity contribution >= 4 is 16.8 Å². The van der Waals surface area contributed by atoms with Crippen LogP contribution in [0, 0.1) is 35.5 Å². The molecule has 2 N–H and O–H groups in total. The number of hydrogen-bond acceptors (Lipinski definition) is 4. The fourth-order valence-corrected chi connectivity index (χ4v) is 8.44. The van der Waals surface area contributed by atoms with E-state index in [2.05, 4.69) is 5.43 Å². The van der Waals surface area contributed by atoms with Crippen LogP contribution in [-0.2, 0) is 6.54 Å². The van der Waals surface area contributed by atoms with Crippen molar-refractivity contribution in [2.45, 2.75) is 38.6 Å². The van der Waals surface area contributed by atoms with Gasteiger partial charge in [-0.2, -0.15) is 0 Å². The van der Waals surface area contributed by atoms with Gasteiger partial charge in [0.25, 0.3) is 11.5 Å². The van der Waals surface area contributed by atoms with Gasteiger partial charge < -0.3 is 9.67 Å². The number of nitrogens with one attached hydrogen (secondary N) is 1. The lowest BCUT2D eigenvalue weighted by molar-refractivity contribution is 0.0791. The van der Waals surface area contributed by atoms with Crippen LogP contribution in [0.4, 0.5) is 0 Å². The van der Waals surface area contributed by atoms with Crippen LogP contribution in [0.5, 0.6) is 5.75 Å². The van der Waals surface area contributed by atoms with Gasteiger partial charge in [0.2, 0.25) is 0 Å². The van der Waals surface area contributed by atoms with Gasteiger partial charge in [0.15, 0.2) is 0 Å². The lowest BCUT2D eigenvalue weighted by atomic mass is 9.70. The molecule has 6 nitrogen and oxygen atoms in total. The van der Waals surface area contributed by atoms with Crippen molar-refractivity contribution in [2.75, 3.05) is 13.1 Å². The Morgan fingerprint density at radius 1 is 0.944 bits per heavy atom. The number of benzene rings is 2. The summed E-state index contributed by atoms with van der Waals surface area (Å²) in [5.74, 6) is 4.35. The molecular formula is C30H33N3O3.